The molecule has 16 heavy (non-hydrogen) atoms. The molecular formula is C10H30O2Si4. The van der Waals surface area contributed by atoms with Gasteiger partial charge in [-0.05, 0) is 12.6 Å². The minimum Gasteiger partial charge on any atom is -0.465 e. The van der Waals surface area contributed by atoms with E-state index in [1.165, 1.54) is 44.6 Å². The molecule has 1 atom stereocenters. The van der Waals surface area contributed by atoms with Crippen LogP contribution in [0.3, 0.4) is 0 Å². The van der Waals surface area contributed by atoms with Gasteiger partial charge in [0.25, 0.3) is 0 Å². The molecule has 0 aromatic heterocycles. The fourth-order valence-corrected chi connectivity index (χ4v) is 14.8. The Morgan fingerprint density at radius 2 is 1.75 bits per heavy atom. The minimum atomic E-state index is -1.30. The van der Waals surface area contributed by atoms with Crippen molar-refractivity contribution in [1.82, 2.24) is 0 Å². The number of hydrogen-bond donors (Lipinski definition) is 0. The first kappa shape index (κ1) is 16.8. The summed E-state index contributed by atoms with van der Waals surface area (Å²) in [4.78, 5) is 0. The van der Waals surface area contributed by atoms with Gasteiger partial charge in [0.15, 0.2) is 17.1 Å². The van der Waals surface area contributed by atoms with E-state index < -0.39 is 7.83 Å². The van der Waals surface area contributed by atoms with Crippen molar-refractivity contribution in [2.75, 3.05) is 0 Å². The van der Waals surface area contributed by atoms with E-state index in [4.69, 9.17) is 8.23 Å². The van der Waals surface area contributed by atoms with Crippen molar-refractivity contribution in [2.45, 2.75) is 64.6 Å². The molecule has 0 radical (unpaired) electrons. The Kier molecular flexibility index (Phi) is 11.4. The lowest BCUT2D eigenvalue weighted by Crippen LogP contribution is -2.43. The number of hydrogen-bond acceptors (Lipinski definition) is 2. The highest BCUT2D eigenvalue weighted by molar-refractivity contribution is 7.20. The Morgan fingerprint density at radius 1 is 1.12 bits per heavy atom. The highest BCUT2D eigenvalue weighted by Gasteiger charge is 2.27. The third kappa shape index (κ3) is 8.88. The Balaban J connectivity index is 3.53. The third-order valence-corrected chi connectivity index (χ3v) is 18.9. The maximum atomic E-state index is 5.90. The van der Waals surface area contributed by atoms with Crippen molar-refractivity contribution in [3.05, 3.63) is 0 Å². The molecule has 1 unspecified atom stereocenters. The van der Waals surface area contributed by atoms with Crippen LogP contribution < -0.4 is 0 Å². The van der Waals surface area contributed by atoms with E-state index in [0.29, 0.717) is 0 Å². The molecule has 0 aromatic carbocycles. The standard InChI is InChI=1S/C10H30O2Si4/c1-4-5-6-7-8-9-10-16(3,11-13)15-12-14-2/h4-10,14-15H2,1-3,13H3. The van der Waals surface area contributed by atoms with Crippen molar-refractivity contribution < 1.29 is 8.23 Å². The molecule has 0 bridgehead atoms. The molecule has 0 heterocycles. The highest BCUT2D eigenvalue weighted by atomic mass is 29.2. The van der Waals surface area contributed by atoms with E-state index >= 15 is 0 Å². The summed E-state index contributed by atoms with van der Waals surface area (Å²) < 4.78 is 11.7. The SMILES string of the molecule is CCCCCCCC[Si](C)(O[SiH3])[SiH2]O[SiH2]C. The Bertz CT molecular complexity index is 160. The molecule has 0 saturated carbocycles. The molecule has 0 rings (SSSR count). The molecule has 0 aliphatic rings. The van der Waals surface area contributed by atoms with E-state index in [1.54, 1.807) is 0 Å². The molecule has 0 amide bonds. The van der Waals surface area contributed by atoms with Crippen LogP contribution in [0.1, 0.15) is 45.4 Å². The molecule has 0 aliphatic heterocycles. The highest BCUT2D eigenvalue weighted by Crippen LogP contribution is 2.15. The second-order valence-electron chi connectivity index (χ2n) is 4.81. The van der Waals surface area contributed by atoms with Gasteiger partial charge in [0.1, 0.15) is 20.2 Å². The molecule has 0 spiro atoms. The van der Waals surface area contributed by atoms with Gasteiger partial charge < -0.3 is 8.23 Å². The van der Waals surface area contributed by atoms with Crippen molar-refractivity contribution >= 4 is 37.4 Å². The van der Waals surface area contributed by atoms with E-state index in [-0.39, 0.29) is 19.0 Å². The molecule has 2 nitrogen and oxygen atoms in total. The Morgan fingerprint density at radius 3 is 2.31 bits per heavy atom. The summed E-state index contributed by atoms with van der Waals surface area (Å²) in [5.41, 5.74) is 0. The van der Waals surface area contributed by atoms with Crippen LogP contribution in [-0.2, 0) is 8.23 Å². The molecule has 0 saturated heterocycles. The summed E-state index contributed by atoms with van der Waals surface area (Å²) in [7, 11) is -0.869. The summed E-state index contributed by atoms with van der Waals surface area (Å²) in [6, 6.07) is 1.36. The molecule has 6 heteroatoms. The van der Waals surface area contributed by atoms with Gasteiger partial charge in [0, 0.05) is 0 Å². The van der Waals surface area contributed by atoms with Crippen LogP contribution in [0.15, 0.2) is 0 Å². The van der Waals surface area contributed by atoms with Gasteiger partial charge in [-0.1, -0.05) is 52.0 Å². The van der Waals surface area contributed by atoms with E-state index in [9.17, 15) is 0 Å². The maximum Gasteiger partial charge on any atom is 0.186 e. The fraction of sp³-hybridized carbons (Fsp3) is 1.00. The second kappa shape index (κ2) is 10.9. The largest absolute Gasteiger partial charge is 0.465 e. The predicted octanol–water partition coefficient (Wildman–Crippen LogP) is 0.948. The van der Waals surface area contributed by atoms with Crippen molar-refractivity contribution in [3.63, 3.8) is 0 Å². The van der Waals surface area contributed by atoms with Crippen LogP contribution in [0, 0.1) is 0 Å². The smallest absolute Gasteiger partial charge is 0.186 e. The molecular weight excluding hydrogens is 264 g/mol. The minimum absolute atomic E-state index is 0.183. The van der Waals surface area contributed by atoms with Crippen LogP contribution in [0.5, 0.6) is 0 Å². The van der Waals surface area contributed by atoms with Gasteiger partial charge >= 0.3 is 0 Å². The van der Waals surface area contributed by atoms with Crippen LogP contribution >= 0.6 is 0 Å². The summed E-state index contributed by atoms with van der Waals surface area (Å²) in [5.74, 6) is 0. The van der Waals surface area contributed by atoms with E-state index in [1.807, 2.05) is 0 Å². The van der Waals surface area contributed by atoms with E-state index in [0.717, 1.165) is 10.5 Å². The quantitative estimate of drug-likeness (QED) is 0.417. The van der Waals surface area contributed by atoms with Gasteiger partial charge in [0.05, 0.1) is 0 Å². The van der Waals surface area contributed by atoms with Gasteiger partial charge in [-0.25, -0.2) is 0 Å². The summed E-state index contributed by atoms with van der Waals surface area (Å²) in [5, 5.41) is 0. The summed E-state index contributed by atoms with van der Waals surface area (Å²) >= 11 is 0. The summed E-state index contributed by atoms with van der Waals surface area (Å²) in [6.45, 7) is 6.92. The fourth-order valence-electron chi connectivity index (χ4n) is 1.83. The molecule has 0 aromatic rings. The lowest BCUT2D eigenvalue weighted by atomic mass is 10.1. The second-order valence-corrected chi connectivity index (χ2v) is 17.7. The predicted molar refractivity (Wildman–Crippen MR) is 84.9 cm³/mol. The summed E-state index contributed by atoms with van der Waals surface area (Å²) in [6.07, 6.45) is 8.39. The maximum absolute atomic E-state index is 5.90. The number of rotatable bonds is 11. The molecule has 0 N–H and O–H groups in total. The first-order valence-electron chi connectivity index (χ1n) is 6.81. The zero-order valence-corrected chi connectivity index (χ0v) is 17.5. The molecule has 98 valence electrons. The molecule has 0 fully saturated rings. The zero-order chi connectivity index (χ0) is 12.3. The lowest BCUT2D eigenvalue weighted by molar-refractivity contribution is 0.575. The van der Waals surface area contributed by atoms with Crippen LogP contribution in [0.25, 0.3) is 0 Å². The normalized spacial score (nSPS) is 16.7. The van der Waals surface area contributed by atoms with Gasteiger partial charge in [-0.15, -0.1) is 0 Å². The zero-order valence-electron chi connectivity index (χ0n) is 11.7. The Labute approximate surface area is 110 Å². The van der Waals surface area contributed by atoms with Gasteiger partial charge in [-0.2, -0.15) is 0 Å². The van der Waals surface area contributed by atoms with Crippen molar-refractivity contribution in [1.29, 1.82) is 0 Å². The van der Waals surface area contributed by atoms with Gasteiger partial charge in [0.2, 0.25) is 0 Å². The Hall–Kier alpha value is 0.788. The van der Waals surface area contributed by atoms with Crippen LogP contribution in [0.2, 0.25) is 19.1 Å². The van der Waals surface area contributed by atoms with E-state index in [2.05, 4.69) is 20.0 Å². The first-order valence-corrected chi connectivity index (χ1v) is 15.1. The van der Waals surface area contributed by atoms with Crippen molar-refractivity contribution in [3.8, 4) is 0 Å². The monoisotopic (exact) mass is 294 g/mol. The van der Waals surface area contributed by atoms with Crippen LogP contribution in [0.4, 0.5) is 0 Å². The van der Waals surface area contributed by atoms with Crippen molar-refractivity contribution in [2.24, 2.45) is 0 Å². The molecule has 0 aliphatic carbocycles. The first-order chi connectivity index (χ1) is 7.68. The van der Waals surface area contributed by atoms with Gasteiger partial charge in [-0.3, -0.25) is 0 Å². The third-order valence-electron chi connectivity index (χ3n) is 3.16. The average Bonchev–Trinajstić information content (AvgIpc) is 2.31. The van der Waals surface area contributed by atoms with Crippen LogP contribution in [-0.4, -0.2) is 37.4 Å². The average molecular weight is 295 g/mol. The number of unbranched alkanes of at least 4 members (excludes halogenated alkanes) is 5. The lowest BCUT2D eigenvalue weighted by Gasteiger charge is -2.25. The topological polar surface area (TPSA) is 18.5 Å².